The maximum Gasteiger partial charge on any atom is 0.418 e. The van der Waals surface area contributed by atoms with Crippen molar-refractivity contribution in [1.29, 1.82) is 0 Å². The highest BCUT2D eigenvalue weighted by Crippen LogP contribution is 2.37. The highest BCUT2D eigenvalue weighted by Gasteiger charge is 2.40. The van der Waals surface area contributed by atoms with Crippen molar-refractivity contribution in [2.75, 3.05) is 5.73 Å². The summed E-state index contributed by atoms with van der Waals surface area (Å²) in [6, 6.07) is 3.73. The molecule has 0 bridgehead atoms. The van der Waals surface area contributed by atoms with Crippen LogP contribution < -0.4 is 5.73 Å². The molecule has 1 aromatic carbocycles. The molecule has 0 fully saturated rings. The molecule has 0 radical (unpaired) electrons. The Bertz CT molecular complexity index is 340. The molecule has 1 atom stereocenters. The first-order valence-corrected chi connectivity index (χ1v) is 4.00. The van der Waals surface area contributed by atoms with E-state index < -0.39 is 17.8 Å². The normalized spacial score (nSPS) is 14.1. The summed E-state index contributed by atoms with van der Waals surface area (Å²) >= 11 is 5.50. The Morgan fingerprint density at radius 2 is 1.93 bits per heavy atom. The van der Waals surface area contributed by atoms with Crippen LogP contribution in [0.15, 0.2) is 18.2 Å². The number of hydrogen-bond donors (Lipinski definition) is 2. The monoisotopic (exact) mass is 225 g/mol. The molecule has 78 valence electrons. The summed E-state index contributed by atoms with van der Waals surface area (Å²) in [6.45, 7) is 0. The smallest absolute Gasteiger partial charge is 0.397 e. The lowest BCUT2D eigenvalue weighted by molar-refractivity contribution is -0.206. The van der Waals surface area contributed by atoms with Crippen molar-refractivity contribution < 1.29 is 18.3 Å². The van der Waals surface area contributed by atoms with Crippen molar-refractivity contribution in [2.24, 2.45) is 0 Å². The largest absolute Gasteiger partial charge is 0.418 e. The average Bonchev–Trinajstić information content (AvgIpc) is 2.07. The van der Waals surface area contributed by atoms with Crippen molar-refractivity contribution in [1.82, 2.24) is 0 Å². The van der Waals surface area contributed by atoms with E-state index in [1.54, 1.807) is 0 Å². The molecule has 1 rings (SSSR count). The van der Waals surface area contributed by atoms with E-state index in [-0.39, 0.29) is 10.7 Å². The van der Waals surface area contributed by atoms with E-state index in [4.69, 9.17) is 22.4 Å². The topological polar surface area (TPSA) is 46.2 Å². The molecule has 0 saturated heterocycles. The number of benzene rings is 1. The predicted octanol–water partition coefficient (Wildman–Crippen LogP) is 2.52. The predicted molar refractivity (Wildman–Crippen MR) is 46.9 cm³/mol. The number of alkyl halides is 3. The summed E-state index contributed by atoms with van der Waals surface area (Å²) in [4.78, 5) is 0. The van der Waals surface area contributed by atoms with E-state index in [2.05, 4.69) is 0 Å². The molecule has 1 unspecified atom stereocenters. The van der Waals surface area contributed by atoms with E-state index in [9.17, 15) is 13.2 Å². The fourth-order valence-electron chi connectivity index (χ4n) is 0.968. The molecule has 0 aromatic heterocycles. The molecular weight excluding hydrogens is 219 g/mol. The Balaban J connectivity index is 3.14. The van der Waals surface area contributed by atoms with Gasteiger partial charge in [-0.25, -0.2) is 0 Å². The van der Waals surface area contributed by atoms with Gasteiger partial charge < -0.3 is 10.8 Å². The van der Waals surface area contributed by atoms with Gasteiger partial charge in [-0.2, -0.15) is 13.2 Å². The van der Waals surface area contributed by atoms with Gasteiger partial charge in [0.25, 0.3) is 0 Å². The number of nitrogen functional groups attached to an aromatic ring is 1. The Morgan fingerprint density at radius 3 is 2.43 bits per heavy atom. The number of halogens is 4. The fourth-order valence-corrected chi connectivity index (χ4v) is 1.15. The zero-order valence-electron chi connectivity index (χ0n) is 6.85. The minimum Gasteiger partial charge on any atom is -0.397 e. The number of aliphatic hydroxyl groups is 1. The number of para-hydroxylation sites is 1. The Morgan fingerprint density at radius 1 is 1.36 bits per heavy atom. The zero-order chi connectivity index (χ0) is 10.9. The molecule has 14 heavy (non-hydrogen) atoms. The van der Waals surface area contributed by atoms with Crippen LogP contribution in [0.5, 0.6) is 0 Å². The number of aliphatic hydroxyl groups excluding tert-OH is 1. The zero-order valence-corrected chi connectivity index (χ0v) is 7.60. The first-order chi connectivity index (χ1) is 6.34. The van der Waals surface area contributed by atoms with Crippen LogP contribution in [0, 0.1) is 0 Å². The van der Waals surface area contributed by atoms with Gasteiger partial charge >= 0.3 is 6.18 Å². The molecule has 0 aliphatic rings. The number of anilines is 1. The van der Waals surface area contributed by atoms with Crippen molar-refractivity contribution in [3.8, 4) is 0 Å². The third kappa shape index (κ3) is 2.10. The minimum atomic E-state index is -4.74. The van der Waals surface area contributed by atoms with Crippen LogP contribution in [-0.4, -0.2) is 11.3 Å². The fraction of sp³-hybridized carbons (Fsp3) is 0.250. The molecule has 1 aromatic rings. The summed E-state index contributed by atoms with van der Waals surface area (Å²) in [5, 5.41) is 8.89. The quantitative estimate of drug-likeness (QED) is 0.722. The molecular formula is C8H7ClF3NO. The molecule has 0 saturated carbocycles. The van der Waals surface area contributed by atoms with Gasteiger partial charge in [0, 0.05) is 5.56 Å². The first kappa shape index (κ1) is 11.1. The van der Waals surface area contributed by atoms with Gasteiger partial charge in [-0.15, -0.1) is 0 Å². The van der Waals surface area contributed by atoms with Crippen molar-refractivity contribution in [3.63, 3.8) is 0 Å². The van der Waals surface area contributed by atoms with Crippen LogP contribution in [0.25, 0.3) is 0 Å². The molecule has 6 heteroatoms. The second-order valence-corrected chi connectivity index (χ2v) is 3.09. The lowest BCUT2D eigenvalue weighted by atomic mass is 10.1. The molecule has 0 heterocycles. The summed E-state index contributed by atoms with van der Waals surface area (Å²) in [7, 11) is 0. The molecule has 0 aliphatic carbocycles. The van der Waals surface area contributed by atoms with Gasteiger partial charge in [0.1, 0.15) is 0 Å². The van der Waals surface area contributed by atoms with E-state index in [0.717, 1.165) is 6.07 Å². The summed E-state index contributed by atoms with van der Waals surface area (Å²) in [5.74, 6) is 0. The van der Waals surface area contributed by atoms with Crippen LogP contribution >= 0.6 is 11.6 Å². The number of nitrogens with two attached hydrogens (primary N) is 1. The number of hydrogen-bond acceptors (Lipinski definition) is 2. The standard InChI is InChI=1S/C8H7ClF3NO/c9-5-3-1-2-4(6(5)13)7(14)8(10,11)12/h1-3,7,14H,13H2. The van der Waals surface area contributed by atoms with Crippen LogP contribution in [0.4, 0.5) is 18.9 Å². The molecule has 0 spiro atoms. The summed E-state index contributed by atoms with van der Waals surface area (Å²) in [6.07, 6.45) is -7.33. The highest BCUT2D eigenvalue weighted by atomic mass is 35.5. The first-order valence-electron chi connectivity index (χ1n) is 3.62. The summed E-state index contributed by atoms with van der Waals surface area (Å²) in [5.41, 5.74) is 4.61. The van der Waals surface area contributed by atoms with Crippen molar-refractivity contribution in [3.05, 3.63) is 28.8 Å². The van der Waals surface area contributed by atoms with E-state index in [1.807, 2.05) is 0 Å². The average molecular weight is 226 g/mol. The van der Waals surface area contributed by atoms with Gasteiger partial charge in [0.05, 0.1) is 10.7 Å². The molecule has 3 N–H and O–H groups in total. The van der Waals surface area contributed by atoms with E-state index >= 15 is 0 Å². The lowest BCUT2D eigenvalue weighted by Crippen LogP contribution is -2.21. The lowest BCUT2D eigenvalue weighted by Gasteiger charge is -2.16. The van der Waals surface area contributed by atoms with E-state index in [0.29, 0.717) is 0 Å². The maximum atomic E-state index is 12.1. The maximum absolute atomic E-state index is 12.1. The van der Waals surface area contributed by atoms with Gasteiger partial charge in [-0.3, -0.25) is 0 Å². The van der Waals surface area contributed by atoms with Crippen LogP contribution in [0.3, 0.4) is 0 Å². The molecule has 2 nitrogen and oxygen atoms in total. The Labute approximate surface area is 83.1 Å². The van der Waals surface area contributed by atoms with Crippen LogP contribution in [-0.2, 0) is 0 Å². The SMILES string of the molecule is Nc1c(Cl)cccc1C(O)C(F)(F)F. The van der Waals surface area contributed by atoms with Crippen molar-refractivity contribution in [2.45, 2.75) is 12.3 Å². The molecule has 0 aliphatic heterocycles. The van der Waals surface area contributed by atoms with Gasteiger partial charge in [0.15, 0.2) is 6.10 Å². The Hall–Kier alpha value is -0.940. The number of rotatable bonds is 1. The van der Waals surface area contributed by atoms with Crippen molar-refractivity contribution >= 4 is 17.3 Å². The van der Waals surface area contributed by atoms with Gasteiger partial charge in [-0.1, -0.05) is 23.7 Å². The third-order valence-electron chi connectivity index (χ3n) is 1.69. The van der Waals surface area contributed by atoms with Gasteiger partial charge in [-0.05, 0) is 6.07 Å². The van der Waals surface area contributed by atoms with Crippen LogP contribution in [0.1, 0.15) is 11.7 Å². The summed E-state index contributed by atoms with van der Waals surface area (Å²) < 4.78 is 36.3. The van der Waals surface area contributed by atoms with Gasteiger partial charge in [0.2, 0.25) is 0 Å². The second-order valence-electron chi connectivity index (χ2n) is 2.69. The molecule has 0 amide bonds. The minimum absolute atomic E-state index is 0.00852. The Kier molecular flexibility index (Phi) is 2.92. The second kappa shape index (κ2) is 3.67. The van der Waals surface area contributed by atoms with E-state index in [1.165, 1.54) is 12.1 Å². The van der Waals surface area contributed by atoms with Crippen LogP contribution in [0.2, 0.25) is 5.02 Å². The highest BCUT2D eigenvalue weighted by molar-refractivity contribution is 6.33. The third-order valence-corrected chi connectivity index (χ3v) is 2.02.